The summed E-state index contributed by atoms with van der Waals surface area (Å²) in [6.45, 7) is -0.0125. The lowest BCUT2D eigenvalue weighted by molar-refractivity contribution is -0.153. The van der Waals surface area contributed by atoms with E-state index in [0.717, 1.165) is 12.1 Å². The van der Waals surface area contributed by atoms with Gasteiger partial charge < -0.3 is 4.74 Å². The number of nitrogens with two attached hydrogens (primary N) is 1. The van der Waals surface area contributed by atoms with Crippen LogP contribution in [0.4, 0.5) is 13.2 Å². The Morgan fingerprint density at radius 3 is 2.28 bits per heavy atom. The highest BCUT2D eigenvalue weighted by Gasteiger charge is 2.28. The molecule has 0 radical (unpaired) electrons. The molecule has 0 aromatic heterocycles. The number of primary sulfonamides is 1. The van der Waals surface area contributed by atoms with Gasteiger partial charge in [-0.2, -0.15) is 13.2 Å². The first kappa shape index (κ1) is 17.0. The molecule has 104 valence electrons. The zero-order valence-corrected chi connectivity index (χ0v) is 10.8. The van der Waals surface area contributed by atoms with Crippen LogP contribution < -0.4 is 9.88 Å². The van der Waals surface area contributed by atoms with Crippen molar-refractivity contribution in [3.8, 4) is 5.75 Å². The Kier molecular flexibility index (Phi) is 5.45. The highest BCUT2D eigenvalue weighted by atomic mass is 35.5. The van der Waals surface area contributed by atoms with Crippen LogP contribution in [0.3, 0.4) is 0 Å². The van der Waals surface area contributed by atoms with E-state index in [1.807, 2.05) is 0 Å². The first-order valence-corrected chi connectivity index (χ1v) is 5.97. The first-order valence-electron chi connectivity index (χ1n) is 4.42. The molecule has 1 aromatic rings. The Morgan fingerprint density at radius 1 is 1.33 bits per heavy atom. The molecule has 0 spiro atoms. The third-order valence-electron chi connectivity index (χ3n) is 1.86. The lowest BCUT2D eigenvalue weighted by atomic mass is 10.2. The van der Waals surface area contributed by atoms with Gasteiger partial charge in [-0.1, -0.05) is 0 Å². The van der Waals surface area contributed by atoms with E-state index in [-0.39, 0.29) is 28.6 Å². The number of rotatable bonds is 3. The Morgan fingerprint density at radius 2 is 1.89 bits per heavy atom. The van der Waals surface area contributed by atoms with Crippen LogP contribution in [-0.4, -0.2) is 21.2 Å². The number of hydrogen-bond acceptors (Lipinski definition) is 3. The highest BCUT2D eigenvalue weighted by molar-refractivity contribution is 7.89. The van der Waals surface area contributed by atoms with Crippen LogP contribution in [0, 0.1) is 6.92 Å². The van der Waals surface area contributed by atoms with Crippen LogP contribution >= 0.6 is 12.4 Å². The average Bonchev–Trinajstić information content (AvgIpc) is 2.11. The Bertz CT molecular complexity index is 516. The molecule has 18 heavy (non-hydrogen) atoms. The monoisotopic (exact) mass is 305 g/mol. The molecule has 0 aliphatic rings. The maximum atomic E-state index is 11.9. The van der Waals surface area contributed by atoms with E-state index in [0.29, 0.717) is 0 Å². The molecule has 0 amide bonds. The quantitative estimate of drug-likeness (QED) is 0.928. The molecule has 0 heterocycles. The van der Waals surface area contributed by atoms with Crippen molar-refractivity contribution in [2.24, 2.45) is 5.14 Å². The number of hydrogen-bond donors (Lipinski definition) is 1. The second-order valence-corrected chi connectivity index (χ2v) is 4.91. The largest absolute Gasteiger partial charge is 0.484 e. The first-order chi connectivity index (χ1) is 7.59. The third-order valence-corrected chi connectivity index (χ3v) is 2.93. The van der Waals surface area contributed by atoms with E-state index in [2.05, 4.69) is 4.74 Å². The van der Waals surface area contributed by atoms with Gasteiger partial charge >= 0.3 is 6.18 Å². The van der Waals surface area contributed by atoms with Gasteiger partial charge in [0.1, 0.15) is 5.75 Å². The van der Waals surface area contributed by atoms with E-state index < -0.39 is 22.8 Å². The minimum atomic E-state index is -4.44. The summed E-state index contributed by atoms with van der Waals surface area (Å²) in [4.78, 5) is -0.142. The van der Waals surface area contributed by atoms with Gasteiger partial charge in [0.15, 0.2) is 6.61 Å². The van der Waals surface area contributed by atoms with Crippen LogP contribution in [0.2, 0.25) is 0 Å². The molecule has 0 atom stereocenters. The minimum absolute atomic E-state index is 0. The number of benzene rings is 1. The molecule has 0 aliphatic carbocycles. The standard InChI is InChI=1S/C9H10F3NO3S.ClH/c1-6-4-7(16-5-9(10,11)12)2-3-8(6)17(13,14)15;/h2-4H,5H2,1H3,(H2,13,14,15);1H. The molecule has 0 saturated carbocycles. The zero-order valence-electron chi connectivity index (χ0n) is 9.19. The van der Waals surface area contributed by atoms with Crippen molar-refractivity contribution < 1.29 is 26.3 Å². The smallest absolute Gasteiger partial charge is 0.422 e. The molecule has 4 nitrogen and oxygen atoms in total. The van der Waals surface area contributed by atoms with E-state index in [1.54, 1.807) is 0 Å². The summed E-state index contributed by atoms with van der Waals surface area (Å²) in [5.74, 6) is -0.0628. The zero-order chi connectivity index (χ0) is 13.3. The molecule has 0 fully saturated rings. The van der Waals surface area contributed by atoms with Gasteiger partial charge in [-0.05, 0) is 30.7 Å². The Balaban J connectivity index is 0.00000289. The van der Waals surface area contributed by atoms with Crippen molar-refractivity contribution in [3.63, 3.8) is 0 Å². The Labute approximate surface area is 108 Å². The molecule has 2 N–H and O–H groups in total. The number of halogens is 4. The van der Waals surface area contributed by atoms with E-state index in [9.17, 15) is 21.6 Å². The average molecular weight is 306 g/mol. The highest BCUT2D eigenvalue weighted by Crippen LogP contribution is 2.22. The van der Waals surface area contributed by atoms with Crippen LogP contribution in [0.5, 0.6) is 5.75 Å². The summed E-state index contributed by atoms with van der Waals surface area (Å²) in [5.41, 5.74) is 0.229. The van der Waals surface area contributed by atoms with Gasteiger partial charge in [0.2, 0.25) is 10.0 Å². The van der Waals surface area contributed by atoms with Crippen LogP contribution in [-0.2, 0) is 10.0 Å². The second kappa shape index (κ2) is 5.77. The molecule has 1 rings (SSSR count). The maximum Gasteiger partial charge on any atom is 0.422 e. The minimum Gasteiger partial charge on any atom is -0.484 e. The molecular weight excluding hydrogens is 295 g/mol. The molecule has 1 aromatic carbocycles. The van der Waals surface area contributed by atoms with Crippen molar-refractivity contribution in [1.29, 1.82) is 0 Å². The molecule has 9 heteroatoms. The lowest BCUT2D eigenvalue weighted by Gasteiger charge is -2.10. The van der Waals surface area contributed by atoms with E-state index in [1.165, 1.54) is 13.0 Å². The molecule has 0 unspecified atom stereocenters. The second-order valence-electron chi connectivity index (χ2n) is 3.38. The van der Waals surface area contributed by atoms with Crippen molar-refractivity contribution in [2.45, 2.75) is 18.0 Å². The number of aryl methyl sites for hydroxylation is 1. The summed E-state index contributed by atoms with van der Waals surface area (Å²) in [7, 11) is -3.87. The van der Waals surface area contributed by atoms with E-state index in [4.69, 9.17) is 5.14 Å². The lowest BCUT2D eigenvalue weighted by Crippen LogP contribution is -2.19. The maximum absolute atomic E-state index is 11.9. The van der Waals surface area contributed by atoms with Crippen molar-refractivity contribution in [1.82, 2.24) is 0 Å². The van der Waals surface area contributed by atoms with Gasteiger partial charge in [-0.25, -0.2) is 13.6 Å². The van der Waals surface area contributed by atoms with Gasteiger partial charge in [0.05, 0.1) is 4.90 Å². The molecule has 0 saturated heterocycles. The Hall–Kier alpha value is -0.990. The van der Waals surface area contributed by atoms with Crippen LogP contribution in [0.1, 0.15) is 5.56 Å². The number of alkyl halides is 3. The van der Waals surface area contributed by atoms with Gasteiger partial charge in [0, 0.05) is 0 Å². The molecule has 0 bridgehead atoms. The normalized spacial score (nSPS) is 11.8. The third kappa shape index (κ3) is 5.11. The van der Waals surface area contributed by atoms with Gasteiger partial charge in [-0.15, -0.1) is 12.4 Å². The summed E-state index contributed by atoms with van der Waals surface area (Å²) in [6, 6.07) is 3.42. The fourth-order valence-corrected chi connectivity index (χ4v) is 1.96. The number of ether oxygens (including phenoxy) is 1. The van der Waals surface area contributed by atoms with Crippen LogP contribution in [0.25, 0.3) is 0 Å². The van der Waals surface area contributed by atoms with Gasteiger partial charge in [-0.3, -0.25) is 0 Å². The van der Waals surface area contributed by atoms with E-state index >= 15 is 0 Å². The SMILES string of the molecule is Cc1cc(OCC(F)(F)F)ccc1S(N)(=O)=O.Cl. The summed E-state index contributed by atoms with van der Waals surface area (Å²) >= 11 is 0. The summed E-state index contributed by atoms with van der Waals surface area (Å²) < 4.78 is 62.1. The van der Waals surface area contributed by atoms with Crippen molar-refractivity contribution in [2.75, 3.05) is 6.61 Å². The van der Waals surface area contributed by atoms with Crippen molar-refractivity contribution in [3.05, 3.63) is 23.8 Å². The molecular formula is C9H11ClF3NO3S. The number of sulfonamides is 1. The van der Waals surface area contributed by atoms with Gasteiger partial charge in [0.25, 0.3) is 0 Å². The topological polar surface area (TPSA) is 69.4 Å². The fraction of sp³-hybridized carbons (Fsp3) is 0.333. The summed E-state index contributed by atoms with van der Waals surface area (Å²) in [5, 5.41) is 4.90. The summed E-state index contributed by atoms with van der Waals surface area (Å²) in [6.07, 6.45) is -4.44. The van der Waals surface area contributed by atoms with Crippen LogP contribution in [0.15, 0.2) is 23.1 Å². The molecule has 0 aliphatic heterocycles. The predicted molar refractivity (Wildman–Crippen MR) is 61.4 cm³/mol. The van der Waals surface area contributed by atoms with Crippen molar-refractivity contribution >= 4 is 22.4 Å². The predicted octanol–water partition coefficient (Wildman–Crippen LogP) is 2.01. The fourth-order valence-electron chi connectivity index (χ4n) is 1.20.